The van der Waals surface area contributed by atoms with E-state index in [-0.39, 0.29) is 12.3 Å². The van der Waals surface area contributed by atoms with Gasteiger partial charge in [-0.1, -0.05) is 12.1 Å². The van der Waals surface area contributed by atoms with Crippen LogP contribution in [-0.4, -0.2) is 38.1 Å². The summed E-state index contributed by atoms with van der Waals surface area (Å²) in [5.74, 6) is 0.555. The van der Waals surface area contributed by atoms with E-state index in [1.807, 2.05) is 18.2 Å². The minimum atomic E-state index is -0.573. The number of para-hydroxylation sites is 2. The number of amides is 1. The third-order valence-electron chi connectivity index (χ3n) is 2.47. The van der Waals surface area contributed by atoms with Crippen molar-refractivity contribution in [2.75, 3.05) is 26.5 Å². The molecule has 1 aromatic carbocycles. The number of benzene rings is 1. The van der Waals surface area contributed by atoms with E-state index in [1.165, 1.54) is 4.90 Å². The fourth-order valence-electron chi connectivity index (χ4n) is 1.44. The molecule has 5 heteroatoms. The van der Waals surface area contributed by atoms with Crippen molar-refractivity contribution >= 4 is 11.6 Å². The number of carbonyl (C=O) groups excluding carboxylic acids is 1. The third kappa shape index (κ3) is 3.67. The largest absolute Gasteiger partial charge is 0.495 e. The number of rotatable bonds is 5. The minimum absolute atomic E-state index is 0.0936. The molecule has 96 valence electrons. The van der Waals surface area contributed by atoms with Crippen LogP contribution in [0.2, 0.25) is 0 Å². The van der Waals surface area contributed by atoms with Crippen LogP contribution in [-0.2, 0) is 4.79 Å². The molecule has 0 fully saturated rings. The summed E-state index contributed by atoms with van der Waals surface area (Å²) in [5.41, 5.74) is 0.707. The highest BCUT2D eigenvalue weighted by Gasteiger charge is 2.15. The lowest BCUT2D eigenvalue weighted by Crippen LogP contribution is -2.29. The van der Waals surface area contributed by atoms with Gasteiger partial charge in [-0.25, -0.2) is 0 Å². The average Bonchev–Trinajstić information content (AvgIpc) is 2.38. The standard InChI is InChI=1S/C13H17N3O2/c1-16(2)13(17)8-10(9-14)15-11-6-4-5-7-12(11)18-3/h4-7,10,15H,8H2,1-3H3. The normalized spacial score (nSPS) is 11.2. The lowest BCUT2D eigenvalue weighted by molar-refractivity contribution is -0.128. The number of nitrogens with one attached hydrogen (secondary N) is 1. The Morgan fingerprint density at radius 2 is 2.17 bits per heavy atom. The van der Waals surface area contributed by atoms with E-state index in [2.05, 4.69) is 11.4 Å². The molecule has 1 amide bonds. The topological polar surface area (TPSA) is 65.4 Å². The quantitative estimate of drug-likeness (QED) is 0.855. The van der Waals surface area contributed by atoms with Crippen molar-refractivity contribution in [3.8, 4) is 11.8 Å². The van der Waals surface area contributed by atoms with Gasteiger partial charge in [-0.2, -0.15) is 5.26 Å². The molecule has 0 aliphatic rings. The average molecular weight is 247 g/mol. The SMILES string of the molecule is COc1ccccc1NC(C#N)CC(=O)N(C)C. The molecule has 18 heavy (non-hydrogen) atoms. The van der Waals surface area contributed by atoms with Crippen molar-refractivity contribution < 1.29 is 9.53 Å². The van der Waals surface area contributed by atoms with Crippen LogP contribution in [0.1, 0.15) is 6.42 Å². The highest BCUT2D eigenvalue weighted by Crippen LogP contribution is 2.24. The summed E-state index contributed by atoms with van der Waals surface area (Å²) in [6.45, 7) is 0. The van der Waals surface area contributed by atoms with Crippen LogP contribution in [0.25, 0.3) is 0 Å². The Morgan fingerprint density at radius 1 is 1.50 bits per heavy atom. The maximum Gasteiger partial charge on any atom is 0.225 e. The molecule has 0 heterocycles. The van der Waals surface area contributed by atoms with Crippen molar-refractivity contribution in [1.29, 1.82) is 5.26 Å². The zero-order valence-electron chi connectivity index (χ0n) is 10.8. The molecule has 1 rings (SSSR count). The Balaban J connectivity index is 2.75. The van der Waals surface area contributed by atoms with Crippen LogP contribution in [0, 0.1) is 11.3 Å². The highest BCUT2D eigenvalue weighted by molar-refractivity contribution is 5.77. The van der Waals surface area contributed by atoms with Crippen molar-refractivity contribution in [2.24, 2.45) is 0 Å². The summed E-state index contributed by atoms with van der Waals surface area (Å²) in [6, 6.07) is 8.79. The van der Waals surface area contributed by atoms with E-state index in [4.69, 9.17) is 10.00 Å². The minimum Gasteiger partial charge on any atom is -0.495 e. The smallest absolute Gasteiger partial charge is 0.225 e. The summed E-state index contributed by atoms with van der Waals surface area (Å²) < 4.78 is 5.18. The number of anilines is 1. The summed E-state index contributed by atoms with van der Waals surface area (Å²) in [4.78, 5) is 13.0. The van der Waals surface area contributed by atoms with Gasteiger partial charge in [0, 0.05) is 14.1 Å². The Kier molecular flexibility index (Phi) is 5.00. The summed E-state index contributed by atoms with van der Waals surface area (Å²) in [7, 11) is 4.90. The van der Waals surface area contributed by atoms with Gasteiger partial charge in [0.1, 0.15) is 11.8 Å². The first kappa shape index (κ1) is 13.8. The number of ether oxygens (including phenoxy) is 1. The van der Waals surface area contributed by atoms with Gasteiger partial charge in [-0.05, 0) is 12.1 Å². The monoisotopic (exact) mass is 247 g/mol. The summed E-state index contributed by atoms with van der Waals surface area (Å²) in [5, 5.41) is 12.1. The Hall–Kier alpha value is -2.22. The van der Waals surface area contributed by atoms with Gasteiger partial charge < -0.3 is 15.0 Å². The van der Waals surface area contributed by atoms with Crippen molar-refractivity contribution in [1.82, 2.24) is 4.90 Å². The molecule has 1 N–H and O–H groups in total. The molecule has 0 bridgehead atoms. The Bertz CT molecular complexity index is 452. The summed E-state index contributed by atoms with van der Waals surface area (Å²) in [6.07, 6.45) is 0.127. The molecule has 1 aromatic rings. The molecule has 1 unspecified atom stereocenters. The number of carbonyl (C=O) groups is 1. The van der Waals surface area contributed by atoms with Crippen LogP contribution in [0.15, 0.2) is 24.3 Å². The molecular weight excluding hydrogens is 230 g/mol. The molecule has 0 aliphatic carbocycles. The van der Waals surface area contributed by atoms with Gasteiger partial charge in [-0.3, -0.25) is 4.79 Å². The first-order valence-corrected chi connectivity index (χ1v) is 5.57. The molecule has 0 spiro atoms. The van der Waals surface area contributed by atoms with Gasteiger partial charge in [-0.15, -0.1) is 0 Å². The first-order chi connectivity index (χ1) is 8.58. The van der Waals surface area contributed by atoms with Gasteiger partial charge in [0.2, 0.25) is 5.91 Å². The lowest BCUT2D eigenvalue weighted by atomic mass is 10.2. The van der Waals surface area contributed by atoms with E-state index in [0.717, 1.165) is 0 Å². The molecular formula is C13H17N3O2. The molecule has 0 saturated heterocycles. The number of methoxy groups -OCH3 is 1. The van der Waals surface area contributed by atoms with Gasteiger partial charge in [0.15, 0.2) is 0 Å². The highest BCUT2D eigenvalue weighted by atomic mass is 16.5. The first-order valence-electron chi connectivity index (χ1n) is 5.57. The number of nitriles is 1. The van der Waals surface area contributed by atoms with Crippen LogP contribution >= 0.6 is 0 Å². The predicted octanol–water partition coefficient (Wildman–Crippen LogP) is 1.48. The second kappa shape index (κ2) is 6.50. The van der Waals surface area contributed by atoms with Crippen molar-refractivity contribution in [3.63, 3.8) is 0 Å². The zero-order chi connectivity index (χ0) is 13.5. The van der Waals surface area contributed by atoms with Crippen LogP contribution < -0.4 is 10.1 Å². The van der Waals surface area contributed by atoms with E-state index in [1.54, 1.807) is 27.3 Å². The molecule has 5 nitrogen and oxygen atoms in total. The van der Waals surface area contributed by atoms with Crippen LogP contribution in [0.4, 0.5) is 5.69 Å². The second-order valence-electron chi connectivity index (χ2n) is 4.02. The maximum absolute atomic E-state index is 11.6. The molecule has 0 aliphatic heterocycles. The van der Waals surface area contributed by atoms with Gasteiger partial charge in [0.25, 0.3) is 0 Å². The van der Waals surface area contributed by atoms with Gasteiger partial charge in [0.05, 0.1) is 25.3 Å². The molecule has 1 atom stereocenters. The molecule has 0 saturated carbocycles. The Labute approximate surface area is 107 Å². The lowest BCUT2D eigenvalue weighted by Gasteiger charge is -2.17. The van der Waals surface area contributed by atoms with Gasteiger partial charge >= 0.3 is 0 Å². The molecule has 0 aromatic heterocycles. The van der Waals surface area contributed by atoms with E-state index in [9.17, 15) is 4.79 Å². The fourth-order valence-corrected chi connectivity index (χ4v) is 1.44. The van der Waals surface area contributed by atoms with E-state index >= 15 is 0 Å². The molecule has 0 radical (unpaired) electrons. The van der Waals surface area contributed by atoms with Crippen LogP contribution in [0.3, 0.4) is 0 Å². The van der Waals surface area contributed by atoms with Crippen LogP contribution in [0.5, 0.6) is 5.75 Å². The maximum atomic E-state index is 11.6. The summed E-state index contributed by atoms with van der Waals surface area (Å²) >= 11 is 0. The number of hydrogen-bond donors (Lipinski definition) is 1. The van der Waals surface area contributed by atoms with E-state index in [0.29, 0.717) is 11.4 Å². The fraction of sp³-hybridized carbons (Fsp3) is 0.385. The number of nitrogens with zero attached hydrogens (tertiary/aromatic N) is 2. The van der Waals surface area contributed by atoms with Crippen molar-refractivity contribution in [2.45, 2.75) is 12.5 Å². The predicted molar refractivity (Wildman–Crippen MR) is 69.3 cm³/mol. The zero-order valence-corrected chi connectivity index (χ0v) is 10.8. The second-order valence-corrected chi connectivity index (χ2v) is 4.02. The van der Waals surface area contributed by atoms with Crippen molar-refractivity contribution in [3.05, 3.63) is 24.3 Å². The third-order valence-corrected chi connectivity index (χ3v) is 2.47. The Morgan fingerprint density at radius 3 is 2.72 bits per heavy atom. The van der Waals surface area contributed by atoms with E-state index < -0.39 is 6.04 Å². The number of hydrogen-bond acceptors (Lipinski definition) is 4.